The Morgan fingerprint density at radius 3 is 2.36 bits per heavy atom. The van der Waals surface area contributed by atoms with Gasteiger partial charge in [-0.2, -0.15) is 0 Å². The van der Waals surface area contributed by atoms with Crippen LogP contribution in [0.4, 0.5) is 0 Å². The van der Waals surface area contributed by atoms with Gasteiger partial charge in [0.15, 0.2) is 19.0 Å². The van der Waals surface area contributed by atoms with Crippen LogP contribution < -0.4 is 4.74 Å². The fourth-order valence-electron chi connectivity index (χ4n) is 1.76. The molecule has 114 valence electrons. The van der Waals surface area contributed by atoms with Gasteiger partial charge in [-0.1, -0.05) is 29.8 Å². The van der Waals surface area contributed by atoms with Crippen LogP contribution >= 0.6 is 11.6 Å². The van der Waals surface area contributed by atoms with Crippen molar-refractivity contribution in [2.75, 3.05) is 13.2 Å². The van der Waals surface area contributed by atoms with Crippen LogP contribution in [0.3, 0.4) is 0 Å². The number of halogens is 1. The van der Waals surface area contributed by atoms with E-state index in [9.17, 15) is 9.59 Å². The summed E-state index contributed by atoms with van der Waals surface area (Å²) in [4.78, 5) is 23.4. The first-order valence-electron chi connectivity index (χ1n) is 6.69. The van der Waals surface area contributed by atoms with E-state index in [-0.39, 0.29) is 19.0 Å². The maximum absolute atomic E-state index is 11.8. The number of benzene rings is 2. The highest BCUT2D eigenvalue weighted by molar-refractivity contribution is 6.30. The average molecular weight is 319 g/mol. The standard InChI is InChI=1S/C17H15ClO4/c1-12-4-2-3-5-16(12)21-11-17(20)22-10-15(19)13-6-8-14(18)9-7-13/h2-9H,10-11H2,1H3. The molecule has 0 unspecified atom stereocenters. The van der Waals surface area contributed by atoms with Crippen molar-refractivity contribution < 1.29 is 19.1 Å². The molecule has 2 rings (SSSR count). The maximum Gasteiger partial charge on any atom is 0.344 e. The number of aryl methyl sites for hydroxylation is 1. The van der Waals surface area contributed by atoms with Crippen LogP contribution in [-0.2, 0) is 9.53 Å². The van der Waals surface area contributed by atoms with Gasteiger partial charge in [0.05, 0.1) is 0 Å². The highest BCUT2D eigenvalue weighted by atomic mass is 35.5. The molecule has 2 aromatic carbocycles. The van der Waals surface area contributed by atoms with Gasteiger partial charge in [-0.05, 0) is 42.8 Å². The Hall–Kier alpha value is -2.33. The van der Waals surface area contributed by atoms with Crippen LogP contribution in [0.5, 0.6) is 5.75 Å². The molecule has 0 spiro atoms. The number of hydrogen-bond donors (Lipinski definition) is 0. The molecule has 0 radical (unpaired) electrons. The molecule has 0 saturated heterocycles. The van der Waals surface area contributed by atoms with E-state index in [1.807, 2.05) is 25.1 Å². The van der Waals surface area contributed by atoms with Crippen molar-refractivity contribution in [2.45, 2.75) is 6.92 Å². The van der Waals surface area contributed by atoms with E-state index >= 15 is 0 Å². The smallest absolute Gasteiger partial charge is 0.344 e. The van der Waals surface area contributed by atoms with Gasteiger partial charge in [0.25, 0.3) is 0 Å². The van der Waals surface area contributed by atoms with Crippen molar-refractivity contribution >= 4 is 23.4 Å². The highest BCUT2D eigenvalue weighted by Gasteiger charge is 2.11. The zero-order valence-corrected chi connectivity index (χ0v) is 12.8. The van der Waals surface area contributed by atoms with Gasteiger partial charge in [-0.3, -0.25) is 4.79 Å². The Bertz CT molecular complexity index is 665. The van der Waals surface area contributed by atoms with Crippen molar-refractivity contribution in [3.05, 3.63) is 64.7 Å². The van der Waals surface area contributed by atoms with E-state index in [1.54, 1.807) is 30.3 Å². The Morgan fingerprint density at radius 2 is 1.68 bits per heavy atom. The van der Waals surface area contributed by atoms with Gasteiger partial charge >= 0.3 is 5.97 Å². The lowest BCUT2D eigenvalue weighted by molar-refractivity contribution is -0.144. The topological polar surface area (TPSA) is 52.6 Å². The summed E-state index contributed by atoms with van der Waals surface area (Å²) in [5.74, 6) is -0.269. The minimum absolute atomic E-state index is 0.237. The van der Waals surface area contributed by atoms with E-state index < -0.39 is 5.97 Å². The SMILES string of the molecule is Cc1ccccc1OCC(=O)OCC(=O)c1ccc(Cl)cc1. The zero-order valence-electron chi connectivity index (χ0n) is 12.0. The molecule has 0 saturated carbocycles. The molecule has 0 aliphatic rings. The Kier molecular flexibility index (Phi) is 5.55. The number of ether oxygens (including phenoxy) is 2. The van der Waals surface area contributed by atoms with E-state index in [1.165, 1.54) is 0 Å². The summed E-state index contributed by atoms with van der Waals surface area (Å²) in [6, 6.07) is 13.7. The van der Waals surface area contributed by atoms with Crippen LogP contribution in [0.1, 0.15) is 15.9 Å². The number of esters is 1. The van der Waals surface area contributed by atoms with E-state index in [2.05, 4.69) is 0 Å². The minimum atomic E-state index is -0.592. The molecule has 0 bridgehead atoms. The van der Waals surface area contributed by atoms with Crippen molar-refractivity contribution in [1.82, 2.24) is 0 Å². The summed E-state index contributed by atoms with van der Waals surface area (Å²) in [6.45, 7) is 1.32. The predicted octanol–water partition coefficient (Wildman–Crippen LogP) is 3.45. The normalized spacial score (nSPS) is 10.1. The monoisotopic (exact) mass is 318 g/mol. The van der Waals surface area contributed by atoms with Crippen LogP contribution in [0.25, 0.3) is 0 Å². The minimum Gasteiger partial charge on any atom is -0.482 e. The number of carbonyl (C=O) groups excluding carboxylic acids is 2. The molecular formula is C17H15ClO4. The second-order valence-electron chi connectivity index (χ2n) is 4.64. The third-order valence-electron chi connectivity index (χ3n) is 2.97. The Labute approximate surface area is 133 Å². The summed E-state index contributed by atoms with van der Waals surface area (Å²) in [7, 11) is 0. The molecule has 0 atom stereocenters. The molecule has 0 heterocycles. The van der Waals surface area contributed by atoms with Crippen molar-refractivity contribution in [2.24, 2.45) is 0 Å². The predicted molar refractivity (Wildman–Crippen MR) is 83.4 cm³/mol. The quantitative estimate of drug-likeness (QED) is 0.604. The number of ketones is 1. The van der Waals surface area contributed by atoms with Crippen molar-refractivity contribution in [3.63, 3.8) is 0 Å². The number of rotatable bonds is 6. The molecule has 0 fully saturated rings. The highest BCUT2D eigenvalue weighted by Crippen LogP contribution is 2.16. The molecule has 0 aliphatic heterocycles. The van der Waals surface area contributed by atoms with E-state index in [0.717, 1.165) is 5.56 Å². The first kappa shape index (κ1) is 16.0. The maximum atomic E-state index is 11.8. The molecule has 0 N–H and O–H groups in total. The first-order chi connectivity index (χ1) is 10.6. The first-order valence-corrected chi connectivity index (χ1v) is 7.07. The number of hydrogen-bond acceptors (Lipinski definition) is 4. The van der Waals surface area contributed by atoms with Crippen molar-refractivity contribution in [1.29, 1.82) is 0 Å². The number of carbonyl (C=O) groups is 2. The van der Waals surface area contributed by atoms with Crippen LogP contribution in [0.15, 0.2) is 48.5 Å². The molecule has 0 amide bonds. The lowest BCUT2D eigenvalue weighted by atomic mass is 10.1. The lowest BCUT2D eigenvalue weighted by Gasteiger charge is -2.08. The summed E-state index contributed by atoms with van der Waals surface area (Å²) in [5, 5.41) is 0.542. The molecule has 0 aliphatic carbocycles. The third kappa shape index (κ3) is 4.60. The van der Waals surface area contributed by atoms with Crippen molar-refractivity contribution in [3.8, 4) is 5.75 Å². The molecule has 5 heteroatoms. The zero-order chi connectivity index (χ0) is 15.9. The molecule has 4 nitrogen and oxygen atoms in total. The molecule has 0 aromatic heterocycles. The van der Waals surface area contributed by atoms with E-state index in [0.29, 0.717) is 16.3 Å². The summed E-state index contributed by atoms with van der Waals surface area (Å²) >= 11 is 5.74. The molecular weight excluding hydrogens is 304 g/mol. The Morgan fingerprint density at radius 1 is 1.00 bits per heavy atom. The summed E-state index contributed by atoms with van der Waals surface area (Å²) < 4.78 is 10.3. The van der Waals surface area contributed by atoms with Gasteiger partial charge in [-0.25, -0.2) is 4.79 Å². The largest absolute Gasteiger partial charge is 0.482 e. The molecule has 22 heavy (non-hydrogen) atoms. The molecule has 2 aromatic rings. The van der Waals surface area contributed by atoms with Crippen LogP contribution in [0, 0.1) is 6.92 Å². The fraction of sp³-hybridized carbons (Fsp3) is 0.176. The van der Waals surface area contributed by atoms with Crippen LogP contribution in [-0.4, -0.2) is 25.0 Å². The fourth-order valence-corrected chi connectivity index (χ4v) is 1.89. The van der Waals surface area contributed by atoms with Gasteiger partial charge < -0.3 is 9.47 Å². The average Bonchev–Trinajstić information content (AvgIpc) is 2.52. The number of para-hydroxylation sites is 1. The summed E-state index contributed by atoms with van der Waals surface area (Å²) in [5.41, 5.74) is 1.37. The second-order valence-corrected chi connectivity index (χ2v) is 5.08. The van der Waals surface area contributed by atoms with Crippen LogP contribution in [0.2, 0.25) is 5.02 Å². The van der Waals surface area contributed by atoms with Gasteiger partial charge in [0, 0.05) is 10.6 Å². The van der Waals surface area contributed by atoms with Gasteiger partial charge in [0.2, 0.25) is 0 Å². The van der Waals surface area contributed by atoms with Gasteiger partial charge in [0.1, 0.15) is 5.75 Å². The summed E-state index contributed by atoms with van der Waals surface area (Å²) in [6.07, 6.45) is 0. The lowest BCUT2D eigenvalue weighted by Crippen LogP contribution is -2.19. The van der Waals surface area contributed by atoms with E-state index in [4.69, 9.17) is 21.1 Å². The third-order valence-corrected chi connectivity index (χ3v) is 3.22. The van der Waals surface area contributed by atoms with Gasteiger partial charge in [-0.15, -0.1) is 0 Å². The Balaban J connectivity index is 1.79. The second kappa shape index (κ2) is 7.61. The number of Topliss-reactive ketones (excluding diaryl/α,β-unsaturated/α-hetero) is 1.